The molecule has 1 fully saturated rings. The summed E-state index contributed by atoms with van der Waals surface area (Å²) in [5, 5.41) is 3.36. The van der Waals surface area contributed by atoms with Gasteiger partial charge in [0.2, 0.25) is 5.88 Å². The summed E-state index contributed by atoms with van der Waals surface area (Å²) in [6, 6.07) is 9.83. The molecule has 1 aliphatic rings. The van der Waals surface area contributed by atoms with E-state index in [0.29, 0.717) is 24.1 Å². The van der Waals surface area contributed by atoms with Crippen molar-refractivity contribution in [1.82, 2.24) is 15.2 Å². The topological polar surface area (TPSA) is 59.0 Å². The average Bonchev–Trinajstić information content (AvgIpc) is 2.76. The van der Waals surface area contributed by atoms with Crippen molar-refractivity contribution in [3.8, 4) is 11.6 Å². The van der Waals surface area contributed by atoms with E-state index in [2.05, 4.69) is 29.2 Å². The van der Waals surface area contributed by atoms with Crippen molar-refractivity contribution >= 4 is 5.96 Å². The maximum Gasteiger partial charge on any atom is 0.224 e. The van der Waals surface area contributed by atoms with Gasteiger partial charge in [0.1, 0.15) is 11.6 Å². The third-order valence-electron chi connectivity index (χ3n) is 5.17. The van der Waals surface area contributed by atoms with Gasteiger partial charge in [-0.3, -0.25) is 0 Å². The predicted molar refractivity (Wildman–Crippen MR) is 116 cm³/mol. The highest BCUT2D eigenvalue weighted by Crippen LogP contribution is 2.24. The molecule has 2 heterocycles. The van der Waals surface area contributed by atoms with Crippen molar-refractivity contribution in [2.75, 3.05) is 33.4 Å². The minimum absolute atomic E-state index is 0.344. The molecule has 3 rings (SSSR count). The molecule has 0 unspecified atom stereocenters. The van der Waals surface area contributed by atoms with Crippen molar-refractivity contribution in [2.45, 2.75) is 32.7 Å². The molecule has 7 heteroatoms. The van der Waals surface area contributed by atoms with E-state index in [0.717, 1.165) is 57.1 Å². The van der Waals surface area contributed by atoms with E-state index in [4.69, 9.17) is 14.5 Å². The van der Waals surface area contributed by atoms with E-state index in [-0.39, 0.29) is 5.82 Å². The number of nitrogens with one attached hydrogen (secondary N) is 1. The molecule has 0 bridgehead atoms. The van der Waals surface area contributed by atoms with Crippen LogP contribution in [-0.2, 0) is 11.3 Å². The van der Waals surface area contributed by atoms with Gasteiger partial charge >= 0.3 is 0 Å². The fourth-order valence-corrected chi connectivity index (χ4v) is 3.43. The number of hydrogen-bond donors (Lipinski definition) is 1. The molecule has 1 aromatic carbocycles. The van der Waals surface area contributed by atoms with Crippen LogP contribution >= 0.6 is 0 Å². The summed E-state index contributed by atoms with van der Waals surface area (Å²) in [6.45, 7) is 5.96. The van der Waals surface area contributed by atoms with E-state index < -0.39 is 0 Å². The van der Waals surface area contributed by atoms with Gasteiger partial charge in [0.25, 0.3) is 0 Å². The number of aromatic nitrogens is 1. The van der Waals surface area contributed by atoms with E-state index in [1.165, 1.54) is 12.1 Å². The lowest BCUT2D eigenvalue weighted by Gasteiger charge is -2.27. The second kappa shape index (κ2) is 11.5. The van der Waals surface area contributed by atoms with Crippen molar-refractivity contribution < 1.29 is 13.9 Å². The minimum atomic E-state index is -0.344. The van der Waals surface area contributed by atoms with E-state index in [1.54, 1.807) is 18.3 Å². The first kappa shape index (κ1) is 22.0. The molecule has 0 radical (unpaired) electrons. The number of halogens is 1. The first-order chi connectivity index (χ1) is 14.7. The van der Waals surface area contributed by atoms with Crippen LogP contribution in [0.25, 0.3) is 0 Å². The molecular formula is C23H31FN4O2. The van der Waals surface area contributed by atoms with Gasteiger partial charge in [-0.05, 0) is 50.3 Å². The monoisotopic (exact) mass is 414 g/mol. The first-order valence-corrected chi connectivity index (χ1v) is 10.6. The average molecular weight is 415 g/mol. The molecule has 1 aromatic heterocycles. The van der Waals surface area contributed by atoms with Crippen LogP contribution in [0.4, 0.5) is 4.39 Å². The standard InChI is InChI=1S/C23H31FN4O2/c1-3-25-23(28(2)13-9-18-10-14-29-15-11-18)27-17-19-6-5-12-26-22(19)30-21-8-4-7-20(24)16-21/h4-8,12,16,18H,3,9-11,13-15,17H2,1-2H3,(H,25,27). The van der Waals surface area contributed by atoms with Gasteiger partial charge in [0.15, 0.2) is 5.96 Å². The van der Waals surface area contributed by atoms with Crippen LogP contribution < -0.4 is 10.1 Å². The third kappa shape index (κ3) is 6.69. The maximum atomic E-state index is 13.5. The molecule has 1 aliphatic heterocycles. The molecule has 0 atom stereocenters. The number of hydrogen-bond acceptors (Lipinski definition) is 4. The smallest absolute Gasteiger partial charge is 0.224 e. The van der Waals surface area contributed by atoms with E-state index in [9.17, 15) is 4.39 Å². The normalized spacial score (nSPS) is 15.1. The molecule has 0 aliphatic carbocycles. The Labute approximate surface area is 178 Å². The van der Waals surface area contributed by atoms with E-state index in [1.807, 2.05) is 12.1 Å². The molecule has 1 saturated heterocycles. The molecule has 1 N–H and O–H groups in total. The highest BCUT2D eigenvalue weighted by atomic mass is 19.1. The lowest BCUT2D eigenvalue weighted by Crippen LogP contribution is -2.40. The Balaban J connectivity index is 1.65. The largest absolute Gasteiger partial charge is 0.439 e. The van der Waals surface area contributed by atoms with Crippen LogP contribution in [0.3, 0.4) is 0 Å². The summed E-state index contributed by atoms with van der Waals surface area (Å²) >= 11 is 0. The summed E-state index contributed by atoms with van der Waals surface area (Å²) in [4.78, 5) is 11.3. The predicted octanol–water partition coefficient (Wildman–Crippen LogP) is 4.23. The Kier molecular flexibility index (Phi) is 8.44. The van der Waals surface area contributed by atoms with Gasteiger partial charge in [-0.25, -0.2) is 14.4 Å². The summed E-state index contributed by atoms with van der Waals surface area (Å²) < 4.78 is 24.7. The lowest BCUT2D eigenvalue weighted by atomic mass is 9.96. The summed E-state index contributed by atoms with van der Waals surface area (Å²) in [5.41, 5.74) is 0.843. The Morgan fingerprint density at radius 3 is 2.90 bits per heavy atom. The fraction of sp³-hybridized carbons (Fsp3) is 0.478. The Morgan fingerprint density at radius 2 is 2.13 bits per heavy atom. The number of nitrogens with zero attached hydrogens (tertiary/aromatic N) is 3. The Hall–Kier alpha value is -2.67. The highest BCUT2D eigenvalue weighted by Gasteiger charge is 2.15. The number of pyridine rings is 1. The van der Waals surface area contributed by atoms with Gasteiger partial charge < -0.3 is 19.7 Å². The summed E-state index contributed by atoms with van der Waals surface area (Å²) in [7, 11) is 2.06. The van der Waals surface area contributed by atoms with Gasteiger partial charge in [0, 0.05) is 51.2 Å². The van der Waals surface area contributed by atoms with Crippen molar-refractivity contribution in [3.05, 3.63) is 54.0 Å². The molecular weight excluding hydrogens is 383 g/mol. The van der Waals surface area contributed by atoms with Crippen molar-refractivity contribution in [1.29, 1.82) is 0 Å². The zero-order chi connectivity index (χ0) is 21.2. The molecule has 0 amide bonds. The summed E-state index contributed by atoms with van der Waals surface area (Å²) in [5.74, 6) is 2.08. The maximum absolute atomic E-state index is 13.5. The fourth-order valence-electron chi connectivity index (χ4n) is 3.43. The van der Waals surface area contributed by atoms with Crippen LogP contribution in [0.2, 0.25) is 0 Å². The zero-order valence-corrected chi connectivity index (χ0v) is 17.8. The molecule has 0 saturated carbocycles. The number of ether oxygens (including phenoxy) is 2. The Morgan fingerprint density at radius 1 is 1.30 bits per heavy atom. The van der Waals surface area contributed by atoms with Crippen LogP contribution in [0, 0.1) is 11.7 Å². The number of guanidine groups is 1. The van der Waals surface area contributed by atoms with Gasteiger partial charge in [0.05, 0.1) is 6.54 Å². The summed E-state index contributed by atoms with van der Waals surface area (Å²) in [6.07, 6.45) is 5.06. The van der Waals surface area contributed by atoms with Crippen LogP contribution in [-0.4, -0.2) is 49.2 Å². The van der Waals surface area contributed by atoms with E-state index >= 15 is 0 Å². The zero-order valence-electron chi connectivity index (χ0n) is 17.8. The van der Waals surface area contributed by atoms with Crippen LogP contribution in [0.15, 0.2) is 47.6 Å². The van der Waals surface area contributed by atoms with Crippen LogP contribution in [0.1, 0.15) is 31.7 Å². The minimum Gasteiger partial charge on any atom is -0.439 e. The van der Waals surface area contributed by atoms with Crippen molar-refractivity contribution in [2.24, 2.45) is 10.9 Å². The Bertz CT molecular complexity index is 824. The number of benzene rings is 1. The van der Waals surface area contributed by atoms with Crippen LogP contribution in [0.5, 0.6) is 11.6 Å². The number of aliphatic imine (C=N–C) groups is 1. The van der Waals surface area contributed by atoms with Gasteiger partial charge in [-0.15, -0.1) is 0 Å². The molecule has 6 nitrogen and oxygen atoms in total. The van der Waals surface area contributed by atoms with Gasteiger partial charge in [-0.2, -0.15) is 0 Å². The second-order valence-electron chi connectivity index (χ2n) is 7.46. The SMILES string of the molecule is CCNC(=NCc1cccnc1Oc1cccc(F)c1)N(C)CCC1CCOCC1. The molecule has 30 heavy (non-hydrogen) atoms. The number of rotatable bonds is 8. The molecule has 2 aromatic rings. The second-order valence-corrected chi connectivity index (χ2v) is 7.46. The lowest BCUT2D eigenvalue weighted by molar-refractivity contribution is 0.0625. The quantitative estimate of drug-likeness (QED) is 0.518. The third-order valence-corrected chi connectivity index (χ3v) is 5.17. The van der Waals surface area contributed by atoms with Gasteiger partial charge in [-0.1, -0.05) is 12.1 Å². The molecule has 0 spiro atoms. The molecule has 162 valence electrons. The van der Waals surface area contributed by atoms with Crippen molar-refractivity contribution in [3.63, 3.8) is 0 Å². The first-order valence-electron chi connectivity index (χ1n) is 10.6. The highest BCUT2D eigenvalue weighted by molar-refractivity contribution is 5.79.